The van der Waals surface area contributed by atoms with Gasteiger partial charge < -0.3 is 5.21 Å². The van der Waals surface area contributed by atoms with Gasteiger partial charge in [0.2, 0.25) is 0 Å². The Hall–Kier alpha value is -0.550. The van der Waals surface area contributed by atoms with Gasteiger partial charge in [-0.25, -0.2) is 4.39 Å². The topological polar surface area (TPSA) is 23.5 Å². The van der Waals surface area contributed by atoms with Crippen molar-refractivity contribution in [1.82, 2.24) is 5.06 Å². The van der Waals surface area contributed by atoms with Crippen molar-refractivity contribution in [1.29, 1.82) is 0 Å². The molecule has 0 atom stereocenters. The molecule has 11 heavy (non-hydrogen) atoms. The highest BCUT2D eigenvalue weighted by Crippen LogP contribution is 2.12. The van der Waals surface area contributed by atoms with Gasteiger partial charge in [0.15, 0.2) is 5.83 Å². The molecule has 0 bridgehead atoms. The first-order valence-electron chi connectivity index (χ1n) is 3.21. The van der Waals surface area contributed by atoms with Gasteiger partial charge in [-0.1, -0.05) is 6.92 Å². The molecule has 0 spiro atoms. The van der Waals surface area contributed by atoms with Crippen LogP contribution in [0.1, 0.15) is 13.3 Å². The molecule has 0 aliphatic carbocycles. The minimum absolute atomic E-state index is 0.111. The zero-order valence-corrected chi connectivity index (χ0v) is 6.15. The zero-order chi connectivity index (χ0) is 8.85. The third-order valence-corrected chi connectivity index (χ3v) is 1.16. The van der Waals surface area contributed by atoms with E-state index in [1.807, 2.05) is 0 Å². The van der Waals surface area contributed by atoms with Crippen molar-refractivity contribution in [2.45, 2.75) is 13.3 Å². The molecule has 0 aliphatic heterocycles. The summed E-state index contributed by atoms with van der Waals surface area (Å²) in [6, 6.07) is 0. The Morgan fingerprint density at radius 1 is 1.36 bits per heavy atom. The van der Waals surface area contributed by atoms with Crippen molar-refractivity contribution in [3.05, 3.63) is 11.9 Å². The lowest BCUT2D eigenvalue weighted by Crippen LogP contribution is -2.19. The Morgan fingerprint density at radius 2 is 1.91 bits per heavy atom. The lowest BCUT2D eigenvalue weighted by atomic mass is 10.4. The lowest BCUT2D eigenvalue weighted by Gasteiger charge is -2.09. The summed E-state index contributed by atoms with van der Waals surface area (Å²) in [4.78, 5) is 0. The van der Waals surface area contributed by atoms with E-state index >= 15 is 0 Å². The van der Waals surface area contributed by atoms with Crippen molar-refractivity contribution < 1.29 is 18.4 Å². The molecule has 0 aliphatic rings. The van der Waals surface area contributed by atoms with Gasteiger partial charge in [-0.2, -0.15) is 13.8 Å². The molecule has 0 heterocycles. The van der Waals surface area contributed by atoms with Crippen LogP contribution in [0, 0.1) is 0 Å². The lowest BCUT2D eigenvalue weighted by molar-refractivity contribution is -0.0859. The second-order valence-corrected chi connectivity index (χ2v) is 1.96. The third-order valence-electron chi connectivity index (χ3n) is 1.16. The van der Waals surface area contributed by atoms with Crippen LogP contribution in [0.25, 0.3) is 0 Å². The molecule has 0 aromatic rings. The first-order valence-corrected chi connectivity index (χ1v) is 3.21. The summed E-state index contributed by atoms with van der Waals surface area (Å²) >= 11 is 0. The Labute approximate surface area is 62.9 Å². The predicted molar refractivity (Wildman–Crippen MR) is 34.0 cm³/mol. The Kier molecular flexibility index (Phi) is 4.89. The van der Waals surface area contributed by atoms with Gasteiger partial charge >= 0.3 is 6.08 Å². The molecule has 66 valence electrons. The van der Waals surface area contributed by atoms with Crippen molar-refractivity contribution in [3.8, 4) is 0 Å². The first kappa shape index (κ1) is 10.4. The third kappa shape index (κ3) is 4.80. The summed E-state index contributed by atoms with van der Waals surface area (Å²) in [5, 5.41) is 9.45. The standard InChI is InChI=1S/C6H10F3NO/c1-2-10(11)4-3-5(7)6(8)9/h11H,2-4H2,1H3. The van der Waals surface area contributed by atoms with Crippen LogP contribution in [0.3, 0.4) is 0 Å². The fraction of sp³-hybridized carbons (Fsp3) is 0.667. The molecule has 1 N–H and O–H groups in total. The monoisotopic (exact) mass is 169 g/mol. The molecule has 0 radical (unpaired) electrons. The second-order valence-electron chi connectivity index (χ2n) is 1.96. The molecule has 0 fully saturated rings. The number of halogens is 3. The summed E-state index contributed by atoms with van der Waals surface area (Å²) in [6.07, 6.45) is -2.76. The van der Waals surface area contributed by atoms with E-state index in [2.05, 4.69) is 0 Å². The van der Waals surface area contributed by atoms with Gasteiger partial charge in [0.1, 0.15) is 0 Å². The number of nitrogens with zero attached hydrogens (tertiary/aromatic N) is 1. The van der Waals surface area contributed by atoms with E-state index in [-0.39, 0.29) is 6.54 Å². The van der Waals surface area contributed by atoms with Crippen LogP contribution in [0.5, 0.6) is 0 Å². The highest BCUT2D eigenvalue weighted by Gasteiger charge is 2.06. The summed E-state index contributed by atoms with van der Waals surface area (Å²) in [5.41, 5.74) is 0. The van der Waals surface area contributed by atoms with E-state index in [0.29, 0.717) is 6.54 Å². The van der Waals surface area contributed by atoms with E-state index in [1.165, 1.54) is 0 Å². The van der Waals surface area contributed by atoms with E-state index in [0.717, 1.165) is 5.06 Å². The van der Waals surface area contributed by atoms with Crippen LogP contribution in [-0.2, 0) is 0 Å². The Morgan fingerprint density at radius 3 is 2.27 bits per heavy atom. The van der Waals surface area contributed by atoms with Crippen LogP contribution in [-0.4, -0.2) is 23.4 Å². The molecule has 0 amide bonds. The summed E-state index contributed by atoms with van der Waals surface area (Å²) in [6.45, 7) is 1.81. The number of hydroxylamine groups is 2. The van der Waals surface area contributed by atoms with Crippen molar-refractivity contribution in [3.63, 3.8) is 0 Å². The molecular weight excluding hydrogens is 159 g/mol. The number of rotatable bonds is 4. The number of hydrogen-bond donors (Lipinski definition) is 1. The van der Waals surface area contributed by atoms with Crippen LogP contribution in [0.4, 0.5) is 13.2 Å². The summed E-state index contributed by atoms with van der Waals surface area (Å²) < 4.78 is 34.8. The van der Waals surface area contributed by atoms with Gasteiger partial charge in [-0.05, 0) is 0 Å². The van der Waals surface area contributed by atoms with Gasteiger partial charge in [0, 0.05) is 19.5 Å². The number of hydrogen-bond acceptors (Lipinski definition) is 2. The molecule has 0 saturated carbocycles. The fourth-order valence-corrected chi connectivity index (χ4v) is 0.480. The molecule has 0 rings (SSSR count). The van der Waals surface area contributed by atoms with Crippen molar-refractivity contribution in [2.24, 2.45) is 0 Å². The van der Waals surface area contributed by atoms with Crippen molar-refractivity contribution in [2.75, 3.05) is 13.1 Å². The molecule has 5 heteroatoms. The van der Waals surface area contributed by atoms with Gasteiger partial charge in [-0.3, -0.25) is 0 Å². The zero-order valence-electron chi connectivity index (χ0n) is 6.15. The first-order chi connectivity index (χ1) is 5.07. The normalized spacial score (nSPS) is 10.4. The maximum atomic E-state index is 12.0. The maximum Gasteiger partial charge on any atom is 0.301 e. The Bertz CT molecular complexity index is 145. The van der Waals surface area contributed by atoms with Gasteiger partial charge in [-0.15, -0.1) is 0 Å². The molecule has 0 unspecified atom stereocenters. The molecular formula is C6H10F3NO. The van der Waals surface area contributed by atoms with Crippen LogP contribution < -0.4 is 0 Å². The average Bonchev–Trinajstić information content (AvgIpc) is 1.99. The fourth-order valence-electron chi connectivity index (χ4n) is 0.480. The summed E-state index contributed by atoms with van der Waals surface area (Å²) in [5.74, 6) is -1.46. The Balaban J connectivity index is 3.63. The van der Waals surface area contributed by atoms with Crippen molar-refractivity contribution >= 4 is 0 Å². The molecule has 0 saturated heterocycles. The summed E-state index contributed by atoms with van der Waals surface area (Å²) in [7, 11) is 0. The van der Waals surface area contributed by atoms with Gasteiger partial charge in [0.05, 0.1) is 0 Å². The maximum absolute atomic E-state index is 12.0. The van der Waals surface area contributed by atoms with E-state index in [1.54, 1.807) is 6.92 Å². The smallest absolute Gasteiger partial charge is 0.301 e. The molecule has 0 aromatic heterocycles. The molecule has 2 nitrogen and oxygen atoms in total. The minimum atomic E-state index is -2.31. The van der Waals surface area contributed by atoms with Gasteiger partial charge in [0.25, 0.3) is 0 Å². The van der Waals surface area contributed by atoms with Crippen LogP contribution in [0.2, 0.25) is 0 Å². The minimum Gasteiger partial charge on any atom is -0.314 e. The SMILES string of the molecule is CCN(O)CCC(F)=C(F)F. The second kappa shape index (κ2) is 5.15. The van der Waals surface area contributed by atoms with Crippen LogP contribution in [0.15, 0.2) is 11.9 Å². The quantitative estimate of drug-likeness (QED) is 0.652. The highest BCUT2D eigenvalue weighted by molar-refractivity contribution is 4.91. The predicted octanol–water partition coefficient (Wildman–Crippen LogP) is 2.17. The van der Waals surface area contributed by atoms with E-state index in [9.17, 15) is 13.2 Å². The highest BCUT2D eigenvalue weighted by atomic mass is 19.3. The average molecular weight is 169 g/mol. The van der Waals surface area contributed by atoms with E-state index < -0.39 is 18.3 Å². The van der Waals surface area contributed by atoms with E-state index in [4.69, 9.17) is 5.21 Å². The largest absolute Gasteiger partial charge is 0.314 e. The van der Waals surface area contributed by atoms with Crippen LogP contribution >= 0.6 is 0 Å². The molecule has 0 aromatic carbocycles.